The lowest BCUT2D eigenvalue weighted by Crippen LogP contribution is -2.32. The van der Waals surface area contributed by atoms with E-state index in [-0.39, 0.29) is 6.10 Å². The standard InChI is InChI=1S/C12H19N3O/c1-8-7-9(2)15-12(14-8)16-11-5-3-10(13)4-6-11/h7,10-11H,3-6,13H2,1-2H3. The Morgan fingerprint density at radius 1 is 1.12 bits per heavy atom. The molecule has 1 saturated carbocycles. The van der Waals surface area contributed by atoms with E-state index in [4.69, 9.17) is 10.5 Å². The molecule has 0 atom stereocenters. The maximum absolute atomic E-state index is 5.85. The fourth-order valence-electron chi connectivity index (χ4n) is 2.10. The summed E-state index contributed by atoms with van der Waals surface area (Å²) in [4.78, 5) is 8.57. The molecule has 4 nitrogen and oxygen atoms in total. The molecule has 2 rings (SSSR count). The Kier molecular flexibility index (Phi) is 3.39. The topological polar surface area (TPSA) is 61.0 Å². The highest BCUT2D eigenvalue weighted by Crippen LogP contribution is 2.21. The van der Waals surface area contributed by atoms with Crippen LogP contribution in [-0.4, -0.2) is 22.1 Å². The van der Waals surface area contributed by atoms with Crippen LogP contribution in [0.5, 0.6) is 6.01 Å². The molecule has 0 aromatic carbocycles. The number of aromatic nitrogens is 2. The van der Waals surface area contributed by atoms with Gasteiger partial charge in [-0.2, -0.15) is 0 Å². The van der Waals surface area contributed by atoms with Crippen LogP contribution in [0.3, 0.4) is 0 Å². The highest BCUT2D eigenvalue weighted by Gasteiger charge is 2.20. The summed E-state index contributed by atoms with van der Waals surface area (Å²) < 4.78 is 5.79. The summed E-state index contributed by atoms with van der Waals surface area (Å²) in [6.45, 7) is 3.91. The highest BCUT2D eigenvalue weighted by atomic mass is 16.5. The van der Waals surface area contributed by atoms with Gasteiger partial charge in [-0.15, -0.1) is 0 Å². The number of rotatable bonds is 2. The number of hydrogen-bond donors (Lipinski definition) is 1. The zero-order valence-corrected chi connectivity index (χ0v) is 9.94. The van der Waals surface area contributed by atoms with Crippen LogP contribution in [0, 0.1) is 13.8 Å². The van der Waals surface area contributed by atoms with E-state index in [1.165, 1.54) is 0 Å². The first kappa shape index (κ1) is 11.3. The normalized spacial score (nSPS) is 25.4. The Balaban J connectivity index is 1.98. The molecule has 1 heterocycles. The van der Waals surface area contributed by atoms with Crippen molar-refractivity contribution in [2.24, 2.45) is 5.73 Å². The smallest absolute Gasteiger partial charge is 0.317 e. The summed E-state index contributed by atoms with van der Waals surface area (Å²) in [5.41, 5.74) is 7.76. The third-order valence-electron chi connectivity index (χ3n) is 2.95. The maximum Gasteiger partial charge on any atom is 0.317 e. The molecule has 0 saturated heterocycles. The first-order valence-corrected chi connectivity index (χ1v) is 5.88. The van der Waals surface area contributed by atoms with E-state index in [0.717, 1.165) is 37.1 Å². The zero-order chi connectivity index (χ0) is 11.5. The molecule has 16 heavy (non-hydrogen) atoms. The first-order valence-electron chi connectivity index (χ1n) is 5.88. The molecule has 4 heteroatoms. The van der Waals surface area contributed by atoms with Gasteiger partial charge < -0.3 is 10.5 Å². The van der Waals surface area contributed by atoms with Gasteiger partial charge in [-0.05, 0) is 45.6 Å². The lowest BCUT2D eigenvalue weighted by molar-refractivity contribution is 0.134. The van der Waals surface area contributed by atoms with Crippen LogP contribution in [0.1, 0.15) is 37.1 Å². The number of ether oxygens (including phenoxy) is 1. The summed E-state index contributed by atoms with van der Waals surface area (Å²) in [6, 6.07) is 2.81. The minimum Gasteiger partial charge on any atom is -0.460 e. The maximum atomic E-state index is 5.85. The van der Waals surface area contributed by atoms with Crippen LogP contribution in [-0.2, 0) is 0 Å². The molecule has 88 valence electrons. The number of nitrogens with two attached hydrogens (primary N) is 1. The average Bonchev–Trinajstić information content (AvgIpc) is 2.20. The molecule has 1 aliphatic rings. The summed E-state index contributed by atoms with van der Waals surface area (Å²) in [7, 11) is 0. The van der Waals surface area contributed by atoms with Crippen molar-refractivity contribution in [1.82, 2.24) is 9.97 Å². The predicted molar refractivity (Wildman–Crippen MR) is 62.4 cm³/mol. The fraction of sp³-hybridized carbons (Fsp3) is 0.667. The Hall–Kier alpha value is -1.16. The van der Waals surface area contributed by atoms with Gasteiger partial charge in [0.1, 0.15) is 6.10 Å². The van der Waals surface area contributed by atoms with Crippen molar-refractivity contribution in [2.75, 3.05) is 0 Å². The van der Waals surface area contributed by atoms with Crippen molar-refractivity contribution < 1.29 is 4.74 Å². The average molecular weight is 221 g/mol. The van der Waals surface area contributed by atoms with Crippen molar-refractivity contribution in [3.05, 3.63) is 17.5 Å². The minimum absolute atomic E-state index is 0.237. The molecule has 0 radical (unpaired) electrons. The highest BCUT2D eigenvalue weighted by molar-refractivity contribution is 5.11. The van der Waals surface area contributed by atoms with E-state index in [1.54, 1.807) is 0 Å². The molecule has 1 aromatic heterocycles. The van der Waals surface area contributed by atoms with E-state index in [1.807, 2.05) is 19.9 Å². The molecule has 1 fully saturated rings. The molecule has 2 N–H and O–H groups in total. The van der Waals surface area contributed by atoms with E-state index in [9.17, 15) is 0 Å². The molecule has 0 aliphatic heterocycles. The van der Waals surface area contributed by atoms with Gasteiger partial charge in [-0.25, -0.2) is 9.97 Å². The second-order valence-corrected chi connectivity index (χ2v) is 4.59. The van der Waals surface area contributed by atoms with Crippen molar-refractivity contribution >= 4 is 0 Å². The van der Waals surface area contributed by atoms with Gasteiger partial charge in [-0.3, -0.25) is 0 Å². The van der Waals surface area contributed by atoms with Crippen molar-refractivity contribution in [3.63, 3.8) is 0 Å². The SMILES string of the molecule is Cc1cc(C)nc(OC2CCC(N)CC2)n1. The van der Waals surface area contributed by atoms with Crippen molar-refractivity contribution in [3.8, 4) is 6.01 Å². The van der Waals surface area contributed by atoms with Gasteiger partial charge in [0.2, 0.25) is 0 Å². The Morgan fingerprint density at radius 2 is 1.69 bits per heavy atom. The quantitative estimate of drug-likeness (QED) is 0.826. The van der Waals surface area contributed by atoms with Crippen LogP contribution < -0.4 is 10.5 Å². The minimum atomic E-state index is 0.237. The second-order valence-electron chi connectivity index (χ2n) is 4.59. The van der Waals surface area contributed by atoms with Gasteiger partial charge in [-0.1, -0.05) is 0 Å². The number of aryl methyl sites for hydroxylation is 2. The van der Waals surface area contributed by atoms with Crippen LogP contribution >= 0.6 is 0 Å². The summed E-state index contributed by atoms with van der Waals surface area (Å²) >= 11 is 0. The molecule has 0 bridgehead atoms. The van der Waals surface area contributed by atoms with Gasteiger partial charge in [0.15, 0.2) is 0 Å². The van der Waals surface area contributed by atoms with Gasteiger partial charge in [0, 0.05) is 17.4 Å². The van der Waals surface area contributed by atoms with Crippen LogP contribution in [0.15, 0.2) is 6.07 Å². The largest absolute Gasteiger partial charge is 0.460 e. The summed E-state index contributed by atoms with van der Waals surface area (Å²) in [6.07, 6.45) is 4.33. The molecule has 1 aliphatic carbocycles. The predicted octanol–water partition coefficient (Wildman–Crippen LogP) is 1.74. The Labute approximate surface area is 96.2 Å². The lowest BCUT2D eigenvalue weighted by Gasteiger charge is -2.25. The zero-order valence-electron chi connectivity index (χ0n) is 9.94. The number of hydrogen-bond acceptors (Lipinski definition) is 4. The van der Waals surface area contributed by atoms with Gasteiger partial charge in [0.05, 0.1) is 0 Å². The van der Waals surface area contributed by atoms with E-state index >= 15 is 0 Å². The van der Waals surface area contributed by atoms with Crippen molar-refractivity contribution in [1.29, 1.82) is 0 Å². The van der Waals surface area contributed by atoms with Crippen LogP contribution in [0.25, 0.3) is 0 Å². The lowest BCUT2D eigenvalue weighted by atomic mass is 9.94. The summed E-state index contributed by atoms with van der Waals surface area (Å²) in [5, 5.41) is 0. The molecule has 1 aromatic rings. The Morgan fingerprint density at radius 3 is 2.25 bits per heavy atom. The van der Waals surface area contributed by atoms with E-state index in [2.05, 4.69) is 9.97 Å². The third-order valence-corrected chi connectivity index (χ3v) is 2.95. The monoisotopic (exact) mass is 221 g/mol. The first-order chi connectivity index (χ1) is 7.63. The molecular formula is C12H19N3O. The van der Waals surface area contributed by atoms with Gasteiger partial charge >= 0.3 is 6.01 Å². The third kappa shape index (κ3) is 2.92. The van der Waals surface area contributed by atoms with Crippen LogP contribution in [0.4, 0.5) is 0 Å². The van der Waals surface area contributed by atoms with E-state index in [0.29, 0.717) is 12.1 Å². The van der Waals surface area contributed by atoms with Crippen molar-refractivity contribution in [2.45, 2.75) is 51.7 Å². The molecular weight excluding hydrogens is 202 g/mol. The van der Waals surface area contributed by atoms with E-state index < -0.39 is 0 Å². The molecule has 0 spiro atoms. The fourth-order valence-corrected chi connectivity index (χ4v) is 2.10. The van der Waals surface area contributed by atoms with Crippen LogP contribution in [0.2, 0.25) is 0 Å². The Bertz CT molecular complexity index is 339. The molecule has 0 unspecified atom stereocenters. The summed E-state index contributed by atoms with van der Waals surface area (Å²) in [5.74, 6) is 0. The van der Waals surface area contributed by atoms with Gasteiger partial charge in [0.25, 0.3) is 0 Å². The second kappa shape index (κ2) is 4.78. The molecule has 0 amide bonds. The number of nitrogens with zero attached hydrogens (tertiary/aromatic N) is 2.